The van der Waals surface area contributed by atoms with Crippen molar-refractivity contribution in [3.8, 4) is 11.6 Å². The number of sulfonamides is 1. The van der Waals surface area contributed by atoms with Crippen LogP contribution in [0.2, 0.25) is 0 Å². The number of aliphatic hydroxyl groups excluding tert-OH is 1. The number of aromatic nitrogens is 2. The van der Waals surface area contributed by atoms with Crippen LogP contribution in [0.3, 0.4) is 0 Å². The van der Waals surface area contributed by atoms with Gasteiger partial charge in [0, 0.05) is 12.7 Å². The van der Waals surface area contributed by atoms with E-state index in [-0.39, 0.29) is 41.9 Å². The number of carboxylic acid groups (broad SMARTS) is 1. The van der Waals surface area contributed by atoms with Crippen LogP contribution >= 0.6 is 0 Å². The van der Waals surface area contributed by atoms with Crippen LogP contribution in [0.25, 0.3) is 0 Å². The van der Waals surface area contributed by atoms with Gasteiger partial charge in [-0.3, -0.25) is 18.7 Å². The van der Waals surface area contributed by atoms with Gasteiger partial charge in [-0.2, -0.15) is 13.2 Å². The second-order valence-corrected chi connectivity index (χ2v) is 12.8. The molecule has 3 rings (SSSR count). The molecule has 0 saturated carbocycles. The summed E-state index contributed by atoms with van der Waals surface area (Å²) in [6.45, 7) is 6.12. The zero-order valence-electron chi connectivity index (χ0n) is 24.9. The molecule has 4 N–H and O–H groups in total. The highest BCUT2D eigenvalue weighted by Gasteiger charge is 2.54. The SMILES string of the molecule is CCn1cc(S(=O)(=O)N2c3cc(N(C(=O)O)C(C)(C)C(F)(F)F)ccc3O[C@@H](CNC(=O)C(C)(C)O)[C@H]2C)c(OCCO)n1. The zero-order chi connectivity index (χ0) is 33.4. The molecular formula is C26H36F3N5O9S. The van der Waals surface area contributed by atoms with Gasteiger partial charge in [0.25, 0.3) is 21.8 Å². The molecule has 14 nitrogen and oxygen atoms in total. The summed E-state index contributed by atoms with van der Waals surface area (Å²) in [5, 5.41) is 35.6. The maximum absolute atomic E-state index is 14.3. The van der Waals surface area contributed by atoms with E-state index in [1.165, 1.54) is 31.6 Å². The van der Waals surface area contributed by atoms with E-state index in [2.05, 4.69) is 10.4 Å². The Morgan fingerprint density at radius 1 is 1.20 bits per heavy atom. The van der Waals surface area contributed by atoms with Crippen LogP contribution in [0.1, 0.15) is 41.5 Å². The van der Waals surface area contributed by atoms with Crippen LogP contribution in [0.5, 0.6) is 11.6 Å². The van der Waals surface area contributed by atoms with E-state index < -0.39 is 68.7 Å². The number of hydrogen-bond donors (Lipinski definition) is 4. The summed E-state index contributed by atoms with van der Waals surface area (Å²) in [4.78, 5) is 24.1. The maximum Gasteiger partial charge on any atom is 0.412 e. The Hall–Kier alpha value is -3.77. The fraction of sp³-hybridized carbons (Fsp3) is 0.577. The third-order valence-corrected chi connectivity index (χ3v) is 8.86. The standard InChI is InChI=1S/C26H36F3N5O9S/c1-7-32-14-20(21(31-32)42-11-10-35)44(40,41)34-15(2)19(13-30-22(36)24(3,4)39)43-18-9-8-16(12-17(18)34)33(23(37)38)25(5,6)26(27,28)29/h8-9,12,14-15,19,35,39H,7,10-11,13H2,1-6H3,(H,30,36)(H,37,38)/t15-,19+/m1/s1. The molecule has 0 unspecified atom stereocenters. The molecule has 1 aromatic heterocycles. The fourth-order valence-corrected chi connectivity index (χ4v) is 6.15. The largest absolute Gasteiger partial charge is 0.484 e. The molecule has 2 heterocycles. The average molecular weight is 652 g/mol. The van der Waals surface area contributed by atoms with Gasteiger partial charge in [0.05, 0.1) is 30.6 Å². The summed E-state index contributed by atoms with van der Waals surface area (Å²) in [6, 6.07) is 1.97. The second-order valence-electron chi connectivity index (χ2n) is 11.0. The number of alkyl halides is 3. The maximum atomic E-state index is 14.3. The minimum absolute atomic E-state index is 0.0727. The van der Waals surface area contributed by atoms with Gasteiger partial charge in [0.2, 0.25) is 0 Å². The Balaban J connectivity index is 2.24. The number of hydrogen-bond acceptors (Lipinski definition) is 9. The third kappa shape index (κ3) is 6.66. The molecule has 246 valence electrons. The molecule has 1 aliphatic rings. The molecule has 0 bridgehead atoms. The Morgan fingerprint density at radius 2 is 1.84 bits per heavy atom. The van der Waals surface area contributed by atoms with E-state index >= 15 is 0 Å². The molecule has 18 heteroatoms. The van der Waals surface area contributed by atoms with Crippen molar-refractivity contribution >= 4 is 33.4 Å². The number of nitrogens with one attached hydrogen (secondary N) is 1. The number of anilines is 2. The van der Waals surface area contributed by atoms with Crippen molar-refractivity contribution in [2.24, 2.45) is 0 Å². The molecule has 0 aliphatic carbocycles. The molecule has 1 aliphatic heterocycles. The van der Waals surface area contributed by atoms with Gasteiger partial charge >= 0.3 is 12.3 Å². The predicted octanol–water partition coefficient (Wildman–Crippen LogP) is 2.33. The van der Waals surface area contributed by atoms with E-state index in [4.69, 9.17) is 9.47 Å². The Bertz CT molecular complexity index is 1490. The zero-order valence-corrected chi connectivity index (χ0v) is 25.7. The van der Waals surface area contributed by atoms with Gasteiger partial charge in [-0.1, -0.05) is 0 Å². The number of aryl methyl sites for hydroxylation is 1. The van der Waals surface area contributed by atoms with E-state index in [1.807, 2.05) is 0 Å². The smallest absolute Gasteiger partial charge is 0.412 e. The topological polar surface area (TPSA) is 184 Å². The first-order chi connectivity index (χ1) is 20.2. The number of halogens is 3. The quantitative estimate of drug-likeness (QED) is 0.281. The number of nitrogens with zero attached hydrogens (tertiary/aromatic N) is 4. The van der Waals surface area contributed by atoms with Crippen molar-refractivity contribution in [2.75, 3.05) is 29.0 Å². The molecule has 44 heavy (non-hydrogen) atoms. The van der Waals surface area contributed by atoms with E-state index in [0.717, 1.165) is 22.5 Å². The highest BCUT2D eigenvalue weighted by molar-refractivity contribution is 7.93. The molecule has 0 radical (unpaired) electrons. The summed E-state index contributed by atoms with van der Waals surface area (Å²) in [6.07, 6.45) is -6.86. The highest BCUT2D eigenvalue weighted by atomic mass is 32.2. The minimum Gasteiger partial charge on any atom is -0.484 e. The number of aliphatic hydroxyl groups is 2. The first-order valence-electron chi connectivity index (χ1n) is 13.4. The number of amides is 2. The van der Waals surface area contributed by atoms with Gasteiger partial charge in [0.15, 0.2) is 4.90 Å². The normalized spacial score (nSPS) is 17.5. The van der Waals surface area contributed by atoms with Crippen molar-refractivity contribution in [3.05, 3.63) is 24.4 Å². The van der Waals surface area contributed by atoms with Crippen molar-refractivity contribution < 1.29 is 56.0 Å². The third-order valence-electron chi connectivity index (χ3n) is 6.98. The van der Waals surface area contributed by atoms with Gasteiger partial charge in [-0.25, -0.2) is 13.2 Å². The van der Waals surface area contributed by atoms with Gasteiger partial charge in [-0.15, -0.1) is 5.10 Å². The lowest BCUT2D eigenvalue weighted by Crippen LogP contribution is -2.57. The first-order valence-corrected chi connectivity index (χ1v) is 14.9. The van der Waals surface area contributed by atoms with Crippen LogP contribution in [-0.4, -0.2) is 94.7 Å². The molecule has 2 aromatic rings. The summed E-state index contributed by atoms with van der Waals surface area (Å²) < 4.78 is 84.0. The van der Waals surface area contributed by atoms with Crippen molar-refractivity contribution in [2.45, 2.75) is 82.4 Å². The van der Waals surface area contributed by atoms with Crippen LogP contribution < -0.4 is 24.0 Å². The Kier molecular flexibility index (Phi) is 9.72. The van der Waals surface area contributed by atoms with Gasteiger partial charge < -0.3 is 30.1 Å². The highest BCUT2D eigenvalue weighted by Crippen LogP contribution is 2.45. The molecule has 2 atom stereocenters. The Labute approximate surface area is 252 Å². The Morgan fingerprint density at radius 3 is 2.36 bits per heavy atom. The monoisotopic (exact) mass is 651 g/mol. The summed E-state index contributed by atoms with van der Waals surface area (Å²) >= 11 is 0. The number of carbonyl (C=O) groups excluding carboxylic acids is 1. The average Bonchev–Trinajstić information content (AvgIpc) is 3.33. The number of carbonyl (C=O) groups is 2. The minimum atomic E-state index is -5.01. The summed E-state index contributed by atoms with van der Waals surface area (Å²) in [7, 11) is -4.69. The molecule has 0 saturated heterocycles. The van der Waals surface area contributed by atoms with E-state index in [1.54, 1.807) is 6.92 Å². The van der Waals surface area contributed by atoms with Crippen molar-refractivity contribution in [1.29, 1.82) is 0 Å². The van der Waals surface area contributed by atoms with Crippen LogP contribution in [0.4, 0.5) is 29.3 Å². The molecule has 0 spiro atoms. The molecule has 1 aromatic carbocycles. The predicted molar refractivity (Wildman–Crippen MR) is 150 cm³/mol. The number of ether oxygens (including phenoxy) is 2. The van der Waals surface area contributed by atoms with Crippen LogP contribution in [0, 0.1) is 0 Å². The lowest BCUT2D eigenvalue weighted by molar-refractivity contribution is -0.175. The second kappa shape index (κ2) is 12.3. The van der Waals surface area contributed by atoms with E-state index in [9.17, 15) is 46.5 Å². The van der Waals surface area contributed by atoms with Crippen molar-refractivity contribution in [1.82, 2.24) is 15.1 Å². The summed E-state index contributed by atoms with van der Waals surface area (Å²) in [5.41, 5.74) is -5.48. The number of fused-ring (bicyclic) bond motifs is 1. The van der Waals surface area contributed by atoms with Gasteiger partial charge in [-0.05, 0) is 59.7 Å². The van der Waals surface area contributed by atoms with Crippen LogP contribution in [0.15, 0.2) is 29.3 Å². The van der Waals surface area contributed by atoms with E-state index in [0.29, 0.717) is 13.8 Å². The molecule has 2 amide bonds. The summed E-state index contributed by atoms with van der Waals surface area (Å²) in [5.74, 6) is -1.28. The van der Waals surface area contributed by atoms with Gasteiger partial charge in [0.1, 0.15) is 29.6 Å². The number of rotatable bonds is 11. The lowest BCUT2D eigenvalue weighted by atomic mass is 10.0. The molecular weight excluding hydrogens is 615 g/mol. The van der Waals surface area contributed by atoms with Crippen LogP contribution in [-0.2, 0) is 21.4 Å². The first kappa shape index (κ1) is 34.7. The number of benzene rings is 1. The lowest BCUT2D eigenvalue weighted by Gasteiger charge is -2.42. The molecule has 0 fully saturated rings. The fourth-order valence-electron chi connectivity index (χ4n) is 4.39. The van der Waals surface area contributed by atoms with Crippen molar-refractivity contribution in [3.63, 3.8) is 0 Å².